The summed E-state index contributed by atoms with van der Waals surface area (Å²) in [4.78, 5) is 25.2. The third kappa shape index (κ3) is 4.37. The van der Waals surface area contributed by atoms with Gasteiger partial charge in [0.2, 0.25) is 0 Å². The zero-order chi connectivity index (χ0) is 15.1. The highest BCUT2D eigenvalue weighted by Crippen LogP contribution is 2.18. The topological polar surface area (TPSA) is 46.6 Å². The van der Waals surface area contributed by atoms with E-state index in [1.165, 1.54) is 0 Å². The van der Waals surface area contributed by atoms with E-state index >= 15 is 0 Å². The number of benzene rings is 1. The molecule has 1 aromatic carbocycles. The van der Waals surface area contributed by atoms with E-state index in [4.69, 9.17) is 4.74 Å². The van der Waals surface area contributed by atoms with E-state index in [1.54, 1.807) is 6.92 Å². The standard InChI is InChI=1S/C16H23NO3/c1-5-15(18)13-7-9-14(10-8-13)17(12(3)4)11-16(19)20-6-2/h7-10,12H,5-6,11H2,1-4H3. The van der Waals surface area contributed by atoms with Crippen LogP contribution in [-0.4, -0.2) is 30.9 Å². The Hall–Kier alpha value is -1.84. The van der Waals surface area contributed by atoms with Gasteiger partial charge in [0.05, 0.1) is 6.61 Å². The summed E-state index contributed by atoms with van der Waals surface area (Å²) in [7, 11) is 0. The molecule has 0 saturated heterocycles. The van der Waals surface area contributed by atoms with Crippen molar-refractivity contribution < 1.29 is 14.3 Å². The van der Waals surface area contributed by atoms with Gasteiger partial charge in [0.15, 0.2) is 5.78 Å². The van der Waals surface area contributed by atoms with E-state index in [-0.39, 0.29) is 24.3 Å². The number of carbonyl (C=O) groups excluding carboxylic acids is 2. The highest BCUT2D eigenvalue weighted by molar-refractivity contribution is 5.96. The van der Waals surface area contributed by atoms with Crippen molar-refractivity contribution in [3.05, 3.63) is 29.8 Å². The van der Waals surface area contributed by atoms with Crippen LogP contribution >= 0.6 is 0 Å². The first kappa shape index (κ1) is 16.2. The summed E-state index contributed by atoms with van der Waals surface area (Å²) < 4.78 is 4.99. The zero-order valence-electron chi connectivity index (χ0n) is 12.7. The van der Waals surface area contributed by atoms with Crippen LogP contribution in [0.2, 0.25) is 0 Å². The molecule has 0 aromatic heterocycles. The van der Waals surface area contributed by atoms with Crippen molar-refractivity contribution in [3.8, 4) is 0 Å². The quantitative estimate of drug-likeness (QED) is 0.567. The van der Waals surface area contributed by atoms with E-state index < -0.39 is 0 Å². The molecule has 0 radical (unpaired) electrons. The summed E-state index contributed by atoms with van der Waals surface area (Å²) in [5.41, 5.74) is 1.62. The molecule has 0 N–H and O–H groups in total. The van der Waals surface area contributed by atoms with Crippen LogP contribution in [-0.2, 0) is 9.53 Å². The van der Waals surface area contributed by atoms with E-state index in [9.17, 15) is 9.59 Å². The summed E-state index contributed by atoms with van der Waals surface area (Å²) >= 11 is 0. The average Bonchev–Trinajstić information content (AvgIpc) is 2.44. The van der Waals surface area contributed by atoms with E-state index in [0.717, 1.165) is 5.69 Å². The summed E-state index contributed by atoms with van der Waals surface area (Å²) in [6.45, 7) is 8.27. The second kappa shape index (κ2) is 7.68. The first-order chi connectivity index (χ1) is 9.49. The maximum Gasteiger partial charge on any atom is 0.325 e. The summed E-state index contributed by atoms with van der Waals surface area (Å²) in [5.74, 6) is -0.118. The van der Waals surface area contributed by atoms with Gasteiger partial charge in [0.25, 0.3) is 0 Å². The Labute approximate surface area is 120 Å². The van der Waals surface area contributed by atoms with Gasteiger partial charge < -0.3 is 9.64 Å². The number of ether oxygens (including phenoxy) is 1. The molecule has 0 aliphatic heterocycles. The van der Waals surface area contributed by atoms with Crippen molar-refractivity contribution in [2.75, 3.05) is 18.1 Å². The van der Waals surface area contributed by atoms with Crippen molar-refractivity contribution >= 4 is 17.4 Å². The lowest BCUT2D eigenvalue weighted by Crippen LogP contribution is -2.36. The second-order valence-electron chi connectivity index (χ2n) is 4.85. The smallest absolute Gasteiger partial charge is 0.325 e. The number of hydrogen-bond acceptors (Lipinski definition) is 4. The molecular weight excluding hydrogens is 254 g/mol. The van der Waals surface area contributed by atoms with Crippen molar-refractivity contribution in [1.82, 2.24) is 0 Å². The maximum atomic E-state index is 11.6. The van der Waals surface area contributed by atoms with Crippen LogP contribution in [0.25, 0.3) is 0 Å². The number of esters is 1. The number of nitrogens with zero attached hydrogens (tertiary/aromatic N) is 1. The van der Waals surface area contributed by atoms with Crippen LogP contribution in [0.5, 0.6) is 0 Å². The van der Waals surface area contributed by atoms with Gasteiger partial charge in [0, 0.05) is 23.7 Å². The number of Topliss-reactive ketones (excluding diaryl/α,β-unsaturated/α-hetero) is 1. The summed E-state index contributed by atoms with van der Waals surface area (Å²) in [6, 6.07) is 7.54. The van der Waals surface area contributed by atoms with Gasteiger partial charge in [-0.25, -0.2) is 0 Å². The molecule has 0 atom stereocenters. The van der Waals surface area contributed by atoms with Gasteiger partial charge in [-0.2, -0.15) is 0 Å². The molecule has 110 valence electrons. The minimum absolute atomic E-state index is 0.123. The largest absolute Gasteiger partial charge is 0.465 e. The highest BCUT2D eigenvalue weighted by atomic mass is 16.5. The molecule has 4 nitrogen and oxygen atoms in total. The maximum absolute atomic E-state index is 11.6. The van der Waals surface area contributed by atoms with Crippen LogP contribution < -0.4 is 4.90 Å². The third-order valence-electron chi connectivity index (χ3n) is 3.07. The van der Waals surface area contributed by atoms with E-state index in [0.29, 0.717) is 18.6 Å². The highest BCUT2D eigenvalue weighted by Gasteiger charge is 2.16. The molecule has 1 rings (SSSR count). The van der Waals surface area contributed by atoms with E-state index in [1.807, 2.05) is 49.9 Å². The van der Waals surface area contributed by atoms with Crippen molar-refractivity contribution in [2.45, 2.75) is 40.2 Å². The van der Waals surface area contributed by atoms with Crippen LogP contribution in [0.4, 0.5) is 5.69 Å². The number of anilines is 1. The first-order valence-electron chi connectivity index (χ1n) is 7.05. The lowest BCUT2D eigenvalue weighted by Gasteiger charge is -2.28. The van der Waals surface area contributed by atoms with Crippen molar-refractivity contribution in [3.63, 3.8) is 0 Å². The number of carbonyl (C=O) groups is 2. The predicted molar refractivity (Wildman–Crippen MR) is 80.2 cm³/mol. The Kier molecular flexibility index (Phi) is 6.22. The molecule has 0 heterocycles. The molecule has 0 saturated carbocycles. The number of ketones is 1. The van der Waals surface area contributed by atoms with E-state index in [2.05, 4.69) is 0 Å². The van der Waals surface area contributed by atoms with Gasteiger partial charge in [0.1, 0.15) is 6.54 Å². The minimum Gasteiger partial charge on any atom is -0.465 e. The van der Waals surface area contributed by atoms with Gasteiger partial charge in [-0.15, -0.1) is 0 Å². The average molecular weight is 277 g/mol. The molecule has 0 unspecified atom stereocenters. The Morgan fingerprint density at radius 3 is 2.20 bits per heavy atom. The van der Waals surface area contributed by atoms with Gasteiger partial charge in [-0.05, 0) is 45.0 Å². The molecule has 4 heteroatoms. The molecule has 0 aliphatic rings. The van der Waals surface area contributed by atoms with Crippen LogP contribution in [0.1, 0.15) is 44.5 Å². The van der Waals surface area contributed by atoms with Gasteiger partial charge in [-0.3, -0.25) is 9.59 Å². The molecule has 0 bridgehead atoms. The van der Waals surface area contributed by atoms with Crippen LogP contribution in [0, 0.1) is 0 Å². The molecule has 0 amide bonds. The number of hydrogen-bond donors (Lipinski definition) is 0. The fraction of sp³-hybridized carbons (Fsp3) is 0.500. The van der Waals surface area contributed by atoms with Crippen LogP contribution in [0.3, 0.4) is 0 Å². The van der Waals surface area contributed by atoms with Gasteiger partial charge in [-0.1, -0.05) is 6.92 Å². The summed E-state index contributed by atoms with van der Waals surface area (Å²) in [5, 5.41) is 0. The second-order valence-corrected chi connectivity index (χ2v) is 4.85. The lowest BCUT2D eigenvalue weighted by molar-refractivity contribution is -0.141. The number of rotatable bonds is 7. The monoisotopic (exact) mass is 277 g/mol. The normalized spacial score (nSPS) is 10.4. The Morgan fingerprint density at radius 2 is 1.75 bits per heavy atom. The summed E-state index contributed by atoms with van der Waals surface area (Å²) in [6.07, 6.45) is 0.496. The SMILES string of the molecule is CCOC(=O)CN(c1ccc(C(=O)CC)cc1)C(C)C. The van der Waals surface area contributed by atoms with Crippen molar-refractivity contribution in [1.29, 1.82) is 0 Å². The minimum atomic E-state index is -0.241. The Balaban J connectivity index is 2.87. The predicted octanol–water partition coefficient (Wildman–Crippen LogP) is 3.06. The zero-order valence-corrected chi connectivity index (χ0v) is 12.7. The van der Waals surface area contributed by atoms with Gasteiger partial charge >= 0.3 is 5.97 Å². The first-order valence-corrected chi connectivity index (χ1v) is 7.05. The fourth-order valence-electron chi connectivity index (χ4n) is 1.96. The molecular formula is C16H23NO3. The lowest BCUT2D eigenvalue weighted by atomic mass is 10.1. The van der Waals surface area contributed by atoms with Crippen LogP contribution in [0.15, 0.2) is 24.3 Å². The molecule has 0 aliphatic carbocycles. The Bertz CT molecular complexity index is 451. The molecule has 0 spiro atoms. The molecule has 1 aromatic rings. The Morgan fingerprint density at radius 1 is 1.15 bits per heavy atom. The van der Waals surface area contributed by atoms with Crippen molar-refractivity contribution in [2.24, 2.45) is 0 Å². The molecule has 0 fully saturated rings. The molecule has 20 heavy (non-hydrogen) atoms. The third-order valence-corrected chi connectivity index (χ3v) is 3.07. The fourth-order valence-corrected chi connectivity index (χ4v) is 1.96.